The van der Waals surface area contributed by atoms with Gasteiger partial charge in [0.2, 0.25) is 0 Å². The van der Waals surface area contributed by atoms with Crippen LogP contribution in [0.25, 0.3) is 0 Å². The van der Waals surface area contributed by atoms with Gasteiger partial charge in [0.1, 0.15) is 6.29 Å². The maximum absolute atomic E-state index is 12.8. The van der Waals surface area contributed by atoms with Gasteiger partial charge in [0.15, 0.2) is 5.72 Å². The Kier molecular flexibility index (Phi) is 5.65. The molecule has 0 aromatic heterocycles. The molecule has 2 aliphatic heterocycles. The lowest BCUT2D eigenvalue weighted by molar-refractivity contribution is -0.172. The molecule has 0 spiro atoms. The van der Waals surface area contributed by atoms with Gasteiger partial charge in [-0.3, -0.25) is 4.90 Å². The number of amides is 3. The Labute approximate surface area is 158 Å². The number of para-hydroxylation sites is 1. The van der Waals surface area contributed by atoms with Gasteiger partial charge < -0.3 is 24.9 Å². The number of ether oxygens (including phenoxy) is 1. The summed E-state index contributed by atoms with van der Waals surface area (Å²) in [4.78, 5) is 38.7. The number of piperidine rings is 1. The van der Waals surface area contributed by atoms with Crippen molar-refractivity contribution in [1.29, 1.82) is 0 Å². The normalized spacial score (nSPS) is 25.4. The number of benzene rings is 1. The number of likely N-dealkylation sites (tertiary alicyclic amines) is 1. The molecule has 2 heterocycles. The summed E-state index contributed by atoms with van der Waals surface area (Å²) in [5, 5.41) is 12.5. The van der Waals surface area contributed by atoms with E-state index in [1.54, 1.807) is 11.8 Å². The van der Waals surface area contributed by atoms with Crippen molar-refractivity contribution in [3.63, 3.8) is 0 Å². The van der Waals surface area contributed by atoms with Crippen LogP contribution in [0.5, 0.6) is 0 Å². The summed E-state index contributed by atoms with van der Waals surface area (Å²) in [6.07, 6.45) is 1.01. The first-order valence-electron chi connectivity index (χ1n) is 9.24. The van der Waals surface area contributed by atoms with Crippen molar-refractivity contribution in [2.24, 2.45) is 0 Å². The number of hydrogen-bond acceptors (Lipinski definition) is 4. The highest BCUT2D eigenvalue weighted by atomic mass is 16.5. The fourth-order valence-corrected chi connectivity index (χ4v) is 4.12. The number of hydrogen-bond donors (Lipinski definition) is 2. The molecule has 0 aliphatic carbocycles. The summed E-state index contributed by atoms with van der Waals surface area (Å²) < 4.78 is 5.79. The number of fused-ring (bicyclic) bond motifs is 1. The molecule has 1 aromatic carbocycles. The lowest BCUT2D eigenvalue weighted by Gasteiger charge is -2.49. The summed E-state index contributed by atoms with van der Waals surface area (Å²) in [7, 11) is 0. The number of nitrogens with zero attached hydrogens (tertiary/aromatic N) is 2. The Morgan fingerprint density at radius 3 is 2.89 bits per heavy atom. The zero-order valence-electron chi connectivity index (χ0n) is 15.4. The zero-order chi connectivity index (χ0) is 19.4. The van der Waals surface area contributed by atoms with Crippen LogP contribution in [-0.2, 0) is 16.0 Å². The molecule has 2 atom stereocenters. The summed E-state index contributed by atoms with van der Waals surface area (Å²) in [5.41, 5.74) is 0.641. The Hall–Kier alpha value is -2.61. The van der Waals surface area contributed by atoms with E-state index in [4.69, 9.17) is 4.74 Å². The second-order valence-electron chi connectivity index (χ2n) is 6.86. The third-order valence-corrected chi connectivity index (χ3v) is 5.36. The molecule has 2 unspecified atom stereocenters. The van der Waals surface area contributed by atoms with Gasteiger partial charge in [-0.05, 0) is 31.4 Å². The van der Waals surface area contributed by atoms with Crippen LogP contribution in [0.15, 0.2) is 24.3 Å². The molecule has 3 rings (SSSR count). The van der Waals surface area contributed by atoms with Gasteiger partial charge in [-0.1, -0.05) is 18.2 Å². The van der Waals surface area contributed by atoms with Crippen molar-refractivity contribution in [1.82, 2.24) is 9.80 Å². The molecule has 27 heavy (non-hydrogen) atoms. The molecule has 1 aromatic rings. The molecule has 1 fully saturated rings. The lowest BCUT2D eigenvalue weighted by atomic mass is 9.90. The van der Waals surface area contributed by atoms with Gasteiger partial charge in [0, 0.05) is 37.8 Å². The fourth-order valence-electron chi connectivity index (χ4n) is 4.12. The Morgan fingerprint density at radius 2 is 2.19 bits per heavy atom. The van der Waals surface area contributed by atoms with E-state index in [1.807, 2.05) is 24.3 Å². The number of rotatable bonds is 5. The maximum Gasteiger partial charge on any atom is 0.409 e. The zero-order valence-corrected chi connectivity index (χ0v) is 15.4. The van der Waals surface area contributed by atoms with Gasteiger partial charge in [0.25, 0.3) is 0 Å². The predicted molar refractivity (Wildman–Crippen MR) is 98.7 cm³/mol. The second kappa shape index (κ2) is 7.96. The highest BCUT2D eigenvalue weighted by Crippen LogP contribution is 2.35. The van der Waals surface area contributed by atoms with E-state index in [1.165, 1.54) is 4.90 Å². The number of carboxylic acid groups (broad SMARTS) is 1. The number of nitrogens with one attached hydrogen (secondary N) is 1. The van der Waals surface area contributed by atoms with Crippen LogP contribution in [0, 0.1) is 0 Å². The van der Waals surface area contributed by atoms with Crippen molar-refractivity contribution >= 4 is 24.1 Å². The van der Waals surface area contributed by atoms with Crippen molar-refractivity contribution in [2.45, 2.75) is 44.4 Å². The van der Waals surface area contributed by atoms with Gasteiger partial charge in [-0.2, -0.15) is 0 Å². The van der Waals surface area contributed by atoms with E-state index in [-0.39, 0.29) is 38.1 Å². The second-order valence-corrected chi connectivity index (χ2v) is 6.86. The number of carbonyl (C=O) groups is 3. The first kappa shape index (κ1) is 19.2. The first-order valence-corrected chi connectivity index (χ1v) is 9.24. The molecule has 2 aliphatic rings. The maximum atomic E-state index is 12.8. The van der Waals surface area contributed by atoms with Crippen LogP contribution in [0.4, 0.5) is 15.3 Å². The van der Waals surface area contributed by atoms with E-state index >= 15 is 0 Å². The first-order chi connectivity index (χ1) is 13.0. The topological polar surface area (TPSA) is 99.2 Å². The molecule has 8 nitrogen and oxygen atoms in total. The van der Waals surface area contributed by atoms with Crippen molar-refractivity contribution in [2.75, 3.05) is 25.0 Å². The standard InChI is InChI=1S/C19H25N3O5/c1-2-27-19(9-12-23)13-15(8-11-22(19)18(25)26)21-10-7-14-5-3-4-6-16(14)20-17(21)24/h3-6,12,15H,2,7-11,13H2,1H3,(H,20,24)(H,25,26). The van der Waals surface area contributed by atoms with Crippen molar-refractivity contribution in [3.05, 3.63) is 29.8 Å². The molecule has 146 valence electrons. The molecular formula is C19H25N3O5. The van der Waals surface area contributed by atoms with Gasteiger partial charge >= 0.3 is 12.1 Å². The molecule has 1 saturated heterocycles. The smallest absolute Gasteiger partial charge is 0.409 e. The predicted octanol–water partition coefficient (Wildman–Crippen LogP) is 2.54. The van der Waals surface area contributed by atoms with Gasteiger partial charge in [-0.15, -0.1) is 0 Å². The third-order valence-electron chi connectivity index (χ3n) is 5.36. The lowest BCUT2D eigenvalue weighted by Crippen LogP contribution is -2.62. The summed E-state index contributed by atoms with van der Waals surface area (Å²) in [5.74, 6) is 0. The molecule has 3 amide bonds. The quantitative estimate of drug-likeness (QED) is 0.771. The summed E-state index contributed by atoms with van der Waals surface area (Å²) in [6.45, 7) is 2.79. The van der Waals surface area contributed by atoms with Crippen molar-refractivity contribution in [3.8, 4) is 0 Å². The Morgan fingerprint density at radius 1 is 1.41 bits per heavy atom. The highest BCUT2D eigenvalue weighted by Gasteiger charge is 2.48. The minimum absolute atomic E-state index is 0.0562. The average molecular weight is 375 g/mol. The third kappa shape index (κ3) is 3.75. The number of aldehydes is 1. The summed E-state index contributed by atoms with van der Waals surface area (Å²) in [6, 6.07) is 7.27. The van der Waals surface area contributed by atoms with Crippen molar-refractivity contribution < 1.29 is 24.2 Å². The average Bonchev–Trinajstić information content (AvgIpc) is 2.80. The van der Waals surface area contributed by atoms with Gasteiger partial charge in [-0.25, -0.2) is 9.59 Å². The number of anilines is 1. The van der Waals surface area contributed by atoms with Crippen LogP contribution >= 0.6 is 0 Å². The molecule has 8 heteroatoms. The van der Waals surface area contributed by atoms with E-state index in [2.05, 4.69) is 5.32 Å². The van der Waals surface area contributed by atoms with E-state index in [0.717, 1.165) is 11.3 Å². The van der Waals surface area contributed by atoms with Crippen LogP contribution < -0.4 is 5.32 Å². The number of urea groups is 1. The molecule has 0 radical (unpaired) electrons. The highest BCUT2D eigenvalue weighted by molar-refractivity contribution is 5.91. The Bertz CT molecular complexity index is 725. The minimum atomic E-state index is -1.23. The van der Waals surface area contributed by atoms with E-state index < -0.39 is 11.8 Å². The van der Waals surface area contributed by atoms with Gasteiger partial charge in [0.05, 0.1) is 6.42 Å². The fraction of sp³-hybridized carbons (Fsp3) is 0.526. The number of carbonyl (C=O) groups excluding carboxylic acids is 2. The monoisotopic (exact) mass is 375 g/mol. The van der Waals surface area contributed by atoms with Crippen LogP contribution in [0.1, 0.15) is 31.7 Å². The molecule has 0 saturated carbocycles. The largest absolute Gasteiger partial charge is 0.465 e. The molecular weight excluding hydrogens is 350 g/mol. The molecule has 2 N–H and O–H groups in total. The van der Waals surface area contributed by atoms with Crippen LogP contribution in [-0.4, -0.2) is 64.8 Å². The Balaban J connectivity index is 1.84. The molecule has 0 bridgehead atoms. The summed E-state index contributed by atoms with van der Waals surface area (Å²) >= 11 is 0. The van der Waals surface area contributed by atoms with E-state index in [9.17, 15) is 19.5 Å². The SMILES string of the molecule is CCOC1(CC=O)CC(N2CCc3ccccc3NC2=O)CCN1C(=O)O. The minimum Gasteiger partial charge on any atom is -0.465 e. The van der Waals surface area contributed by atoms with Crippen LogP contribution in [0.3, 0.4) is 0 Å². The van der Waals surface area contributed by atoms with Crippen LogP contribution in [0.2, 0.25) is 0 Å². The van der Waals surface area contributed by atoms with E-state index in [0.29, 0.717) is 25.7 Å².